The van der Waals surface area contributed by atoms with Gasteiger partial charge in [0, 0.05) is 32.1 Å². The molecule has 0 aromatic heterocycles. The first-order chi connectivity index (χ1) is 13.9. The normalized spacial score (nSPS) is 18.5. The van der Waals surface area contributed by atoms with Crippen LogP contribution in [0.4, 0.5) is 8.78 Å². The van der Waals surface area contributed by atoms with Gasteiger partial charge >= 0.3 is 0 Å². The third-order valence-electron chi connectivity index (χ3n) is 5.76. The van der Waals surface area contributed by atoms with Crippen LogP contribution in [-0.4, -0.2) is 43.2 Å². The van der Waals surface area contributed by atoms with Gasteiger partial charge in [0.2, 0.25) is 15.9 Å². The standard InChI is InChI=1S/C21H22F2N2O3S/c22-18-6-3-7-19(23)20(18)29(27,28)25-12-9-16(10-13-25)21(26)24-11-8-15-4-1-2-5-17(15)14-24/h1-7,16H,8-14H2. The average Bonchev–Trinajstić information content (AvgIpc) is 2.72. The van der Waals surface area contributed by atoms with E-state index in [0.717, 1.165) is 34.5 Å². The van der Waals surface area contributed by atoms with E-state index < -0.39 is 26.6 Å². The summed E-state index contributed by atoms with van der Waals surface area (Å²) in [7, 11) is -4.28. The van der Waals surface area contributed by atoms with Crippen molar-refractivity contribution in [2.45, 2.75) is 30.7 Å². The maximum absolute atomic E-state index is 14.0. The first-order valence-electron chi connectivity index (χ1n) is 9.67. The van der Waals surface area contributed by atoms with Crippen LogP contribution in [0.15, 0.2) is 47.4 Å². The minimum atomic E-state index is -4.28. The van der Waals surface area contributed by atoms with Gasteiger partial charge in [-0.1, -0.05) is 30.3 Å². The van der Waals surface area contributed by atoms with Crippen LogP contribution in [0.2, 0.25) is 0 Å². The predicted octanol–water partition coefficient (Wildman–Crippen LogP) is 2.95. The summed E-state index contributed by atoms with van der Waals surface area (Å²) in [5.74, 6) is -2.46. The first kappa shape index (κ1) is 20.0. The number of carbonyl (C=O) groups excluding carboxylic acids is 1. The fraction of sp³-hybridized carbons (Fsp3) is 0.381. The third-order valence-corrected chi connectivity index (χ3v) is 7.71. The zero-order chi connectivity index (χ0) is 20.6. The molecule has 0 N–H and O–H groups in total. The molecule has 8 heteroatoms. The maximum Gasteiger partial charge on any atom is 0.248 e. The minimum Gasteiger partial charge on any atom is -0.338 e. The Morgan fingerprint density at radius 1 is 0.897 bits per heavy atom. The van der Waals surface area contributed by atoms with Crippen molar-refractivity contribution in [2.24, 2.45) is 5.92 Å². The van der Waals surface area contributed by atoms with Gasteiger partial charge < -0.3 is 4.90 Å². The highest BCUT2D eigenvalue weighted by molar-refractivity contribution is 7.89. The number of benzene rings is 2. The van der Waals surface area contributed by atoms with Gasteiger partial charge in [0.05, 0.1) is 0 Å². The molecule has 5 nitrogen and oxygen atoms in total. The average molecular weight is 420 g/mol. The fourth-order valence-electron chi connectivity index (χ4n) is 4.14. The van der Waals surface area contributed by atoms with Crippen molar-refractivity contribution in [1.82, 2.24) is 9.21 Å². The molecule has 0 saturated carbocycles. The van der Waals surface area contributed by atoms with Crippen molar-refractivity contribution in [3.8, 4) is 0 Å². The molecule has 2 aromatic rings. The molecule has 0 aliphatic carbocycles. The first-order valence-corrected chi connectivity index (χ1v) is 11.1. The number of halogens is 2. The van der Waals surface area contributed by atoms with Gasteiger partial charge in [0.15, 0.2) is 4.90 Å². The summed E-state index contributed by atoms with van der Waals surface area (Å²) in [4.78, 5) is 13.8. The second kappa shape index (κ2) is 7.84. The Bertz CT molecular complexity index is 1010. The van der Waals surface area contributed by atoms with Crippen LogP contribution in [0, 0.1) is 17.6 Å². The summed E-state index contributed by atoms with van der Waals surface area (Å²) in [6, 6.07) is 11.0. The highest BCUT2D eigenvalue weighted by Gasteiger charge is 2.36. The Kier molecular flexibility index (Phi) is 5.40. The number of amides is 1. The Balaban J connectivity index is 1.43. The van der Waals surface area contributed by atoms with Gasteiger partial charge in [-0.15, -0.1) is 0 Å². The summed E-state index contributed by atoms with van der Waals surface area (Å²) in [6.45, 7) is 1.34. The van der Waals surface area contributed by atoms with E-state index in [1.54, 1.807) is 0 Å². The molecule has 154 valence electrons. The minimum absolute atomic E-state index is 0.0219. The van der Waals surface area contributed by atoms with Crippen molar-refractivity contribution in [3.05, 3.63) is 65.2 Å². The maximum atomic E-state index is 14.0. The molecule has 1 amide bonds. The molecule has 29 heavy (non-hydrogen) atoms. The second-order valence-electron chi connectivity index (χ2n) is 7.51. The van der Waals surface area contributed by atoms with Crippen molar-refractivity contribution < 1.29 is 22.0 Å². The molecular formula is C21H22F2N2O3S. The third kappa shape index (κ3) is 3.79. The Morgan fingerprint density at radius 3 is 2.17 bits per heavy atom. The van der Waals surface area contributed by atoms with Gasteiger partial charge in [0.25, 0.3) is 0 Å². The fourth-order valence-corrected chi connectivity index (χ4v) is 5.72. The number of hydrogen-bond acceptors (Lipinski definition) is 3. The number of carbonyl (C=O) groups is 1. The van der Waals surface area contributed by atoms with E-state index >= 15 is 0 Å². The molecular weight excluding hydrogens is 398 g/mol. The molecule has 2 aliphatic heterocycles. The molecule has 1 fully saturated rings. The van der Waals surface area contributed by atoms with E-state index in [2.05, 4.69) is 6.07 Å². The van der Waals surface area contributed by atoms with Crippen LogP contribution < -0.4 is 0 Å². The van der Waals surface area contributed by atoms with E-state index in [4.69, 9.17) is 0 Å². The molecule has 2 aromatic carbocycles. The molecule has 1 saturated heterocycles. The lowest BCUT2D eigenvalue weighted by Gasteiger charge is -2.35. The number of piperidine rings is 1. The molecule has 4 rings (SSSR count). The van der Waals surface area contributed by atoms with E-state index in [1.807, 2.05) is 23.1 Å². The van der Waals surface area contributed by atoms with Crippen molar-refractivity contribution in [2.75, 3.05) is 19.6 Å². The van der Waals surface area contributed by atoms with E-state index in [9.17, 15) is 22.0 Å². The van der Waals surface area contributed by atoms with Gasteiger partial charge in [-0.3, -0.25) is 4.79 Å². The summed E-state index contributed by atoms with van der Waals surface area (Å²) >= 11 is 0. The lowest BCUT2D eigenvalue weighted by molar-refractivity contribution is -0.137. The zero-order valence-electron chi connectivity index (χ0n) is 15.9. The monoisotopic (exact) mass is 420 g/mol. The second-order valence-corrected chi connectivity index (χ2v) is 9.38. The van der Waals surface area contributed by atoms with Crippen LogP contribution in [0.3, 0.4) is 0 Å². The van der Waals surface area contributed by atoms with Gasteiger partial charge in [-0.25, -0.2) is 17.2 Å². The molecule has 0 radical (unpaired) electrons. The molecule has 0 unspecified atom stereocenters. The number of rotatable bonds is 3. The SMILES string of the molecule is O=C(C1CCN(S(=O)(=O)c2c(F)cccc2F)CC1)N1CCc2ccccc2C1. The summed E-state index contributed by atoms with van der Waals surface area (Å²) in [5.41, 5.74) is 2.39. The van der Waals surface area contributed by atoms with Crippen molar-refractivity contribution in [1.29, 1.82) is 0 Å². The zero-order valence-corrected chi connectivity index (χ0v) is 16.7. The molecule has 0 spiro atoms. The highest BCUT2D eigenvalue weighted by atomic mass is 32.2. The molecule has 2 heterocycles. The van der Waals surface area contributed by atoms with Crippen molar-refractivity contribution in [3.63, 3.8) is 0 Å². The quantitative estimate of drug-likeness (QED) is 0.767. The van der Waals surface area contributed by atoms with Crippen LogP contribution in [-0.2, 0) is 27.8 Å². The van der Waals surface area contributed by atoms with Gasteiger partial charge in [-0.05, 0) is 42.5 Å². The number of hydrogen-bond donors (Lipinski definition) is 0. The van der Waals surface area contributed by atoms with Crippen LogP contribution in [0.25, 0.3) is 0 Å². The Hall–Kier alpha value is -2.32. The Labute approximate surface area is 169 Å². The molecule has 2 aliphatic rings. The van der Waals surface area contributed by atoms with Crippen LogP contribution >= 0.6 is 0 Å². The highest BCUT2D eigenvalue weighted by Crippen LogP contribution is 2.29. The van der Waals surface area contributed by atoms with Crippen molar-refractivity contribution >= 4 is 15.9 Å². The smallest absolute Gasteiger partial charge is 0.248 e. The predicted molar refractivity (Wildman–Crippen MR) is 103 cm³/mol. The Morgan fingerprint density at radius 2 is 1.52 bits per heavy atom. The summed E-state index contributed by atoms with van der Waals surface area (Å²) in [5, 5.41) is 0. The van der Waals surface area contributed by atoms with E-state index in [1.165, 1.54) is 5.56 Å². The van der Waals surface area contributed by atoms with Crippen LogP contribution in [0.1, 0.15) is 24.0 Å². The molecule has 0 bridgehead atoms. The largest absolute Gasteiger partial charge is 0.338 e. The van der Waals surface area contributed by atoms with Crippen LogP contribution in [0.5, 0.6) is 0 Å². The number of sulfonamides is 1. The number of nitrogens with zero attached hydrogens (tertiary/aromatic N) is 2. The van der Waals surface area contributed by atoms with Gasteiger partial charge in [0.1, 0.15) is 11.6 Å². The van der Waals surface area contributed by atoms with Gasteiger partial charge in [-0.2, -0.15) is 4.31 Å². The topological polar surface area (TPSA) is 57.7 Å². The molecule has 0 atom stereocenters. The summed E-state index contributed by atoms with van der Waals surface area (Å²) < 4.78 is 54.4. The lowest BCUT2D eigenvalue weighted by atomic mass is 9.94. The van der Waals surface area contributed by atoms with E-state index in [0.29, 0.717) is 25.9 Å². The lowest BCUT2D eigenvalue weighted by Crippen LogP contribution is -2.45. The van der Waals surface area contributed by atoms with E-state index in [-0.39, 0.29) is 24.9 Å². The summed E-state index contributed by atoms with van der Waals surface area (Å²) in [6.07, 6.45) is 1.49. The number of fused-ring (bicyclic) bond motifs is 1.